The van der Waals surface area contributed by atoms with E-state index in [1.807, 2.05) is 13.8 Å². The molecule has 0 radical (unpaired) electrons. The van der Waals surface area contributed by atoms with Gasteiger partial charge in [-0.05, 0) is 19.0 Å². The number of hydrogen-bond acceptors (Lipinski definition) is 3. The van der Waals surface area contributed by atoms with Crippen molar-refractivity contribution in [2.24, 2.45) is 0 Å². The van der Waals surface area contributed by atoms with Gasteiger partial charge >= 0.3 is 0 Å². The van der Waals surface area contributed by atoms with Crippen LogP contribution in [0.15, 0.2) is 11.8 Å². The van der Waals surface area contributed by atoms with E-state index in [1.165, 1.54) is 0 Å². The Morgan fingerprint density at radius 2 is 1.53 bits per heavy atom. The van der Waals surface area contributed by atoms with Crippen molar-refractivity contribution >= 4 is 10.2 Å². The number of nitrogens with zero attached hydrogens (tertiary/aromatic N) is 1. The van der Waals surface area contributed by atoms with Gasteiger partial charge in [0, 0.05) is 36.5 Å². The fourth-order valence-electron chi connectivity index (χ4n) is 1.77. The molecule has 0 amide bonds. The Kier molecular flexibility index (Phi) is 7.09. The zero-order valence-electron chi connectivity index (χ0n) is 10.8. The standard InChI is InChI=1S/C11H25NO2Si/c1-6-12(7-2)11(10(5)15,13-8-3)14-9-4/h5-9H2,1-4,15H3. The molecule has 0 fully saturated rings. The summed E-state index contributed by atoms with van der Waals surface area (Å²) in [5, 5.41) is 1.04. The van der Waals surface area contributed by atoms with E-state index in [0.29, 0.717) is 13.2 Å². The summed E-state index contributed by atoms with van der Waals surface area (Å²) >= 11 is 0. The van der Waals surface area contributed by atoms with Crippen LogP contribution in [0.2, 0.25) is 0 Å². The lowest BCUT2D eigenvalue weighted by Gasteiger charge is -2.42. The average molecular weight is 231 g/mol. The van der Waals surface area contributed by atoms with E-state index < -0.39 is 5.91 Å². The first kappa shape index (κ1) is 14.8. The van der Waals surface area contributed by atoms with Crippen LogP contribution >= 0.6 is 0 Å². The van der Waals surface area contributed by atoms with E-state index in [9.17, 15) is 0 Å². The van der Waals surface area contributed by atoms with Crippen molar-refractivity contribution in [2.45, 2.75) is 33.6 Å². The zero-order valence-corrected chi connectivity index (χ0v) is 12.8. The van der Waals surface area contributed by atoms with Crippen molar-refractivity contribution in [1.82, 2.24) is 4.90 Å². The highest BCUT2D eigenvalue weighted by atomic mass is 28.1. The van der Waals surface area contributed by atoms with Crippen molar-refractivity contribution in [3.8, 4) is 0 Å². The van der Waals surface area contributed by atoms with Crippen molar-refractivity contribution in [3.05, 3.63) is 11.8 Å². The topological polar surface area (TPSA) is 21.7 Å². The second-order valence-electron chi connectivity index (χ2n) is 3.40. The second kappa shape index (κ2) is 7.17. The molecule has 0 rings (SSSR count). The van der Waals surface area contributed by atoms with E-state index in [4.69, 9.17) is 9.47 Å². The number of ether oxygens (including phenoxy) is 2. The lowest BCUT2D eigenvalue weighted by atomic mass is 10.3. The highest BCUT2D eigenvalue weighted by molar-refractivity contribution is 6.22. The minimum absolute atomic E-state index is 0.637. The Labute approximate surface area is 96.9 Å². The second-order valence-corrected chi connectivity index (χ2v) is 4.61. The quantitative estimate of drug-likeness (QED) is 0.458. The van der Waals surface area contributed by atoms with Gasteiger partial charge < -0.3 is 9.47 Å². The summed E-state index contributed by atoms with van der Waals surface area (Å²) in [6.45, 7) is 15.3. The van der Waals surface area contributed by atoms with Gasteiger partial charge in [0.25, 0.3) is 0 Å². The van der Waals surface area contributed by atoms with Gasteiger partial charge in [0.2, 0.25) is 5.91 Å². The van der Waals surface area contributed by atoms with Crippen LogP contribution in [-0.4, -0.2) is 47.4 Å². The van der Waals surface area contributed by atoms with Crippen LogP contribution in [0.5, 0.6) is 0 Å². The van der Waals surface area contributed by atoms with Crippen LogP contribution in [0.3, 0.4) is 0 Å². The Hall–Kier alpha value is -0.163. The molecule has 0 heterocycles. The van der Waals surface area contributed by atoms with E-state index in [-0.39, 0.29) is 0 Å². The Balaban J connectivity index is 4.98. The van der Waals surface area contributed by atoms with E-state index in [0.717, 1.165) is 28.5 Å². The first-order valence-electron chi connectivity index (χ1n) is 5.77. The third kappa shape index (κ3) is 3.41. The Bertz CT molecular complexity index is 187. The Morgan fingerprint density at radius 3 is 1.73 bits per heavy atom. The van der Waals surface area contributed by atoms with Gasteiger partial charge in [-0.25, -0.2) is 4.90 Å². The smallest absolute Gasteiger partial charge is 0.249 e. The largest absolute Gasteiger partial charge is 0.334 e. The molecule has 0 N–H and O–H groups in total. The maximum Gasteiger partial charge on any atom is 0.249 e. The molecule has 0 saturated carbocycles. The van der Waals surface area contributed by atoms with Crippen molar-refractivity contribution in [3.63, 3.8) is 0 Å². The highest BCUT2D eigenvalue weighted by Gasteiger charge is 2.37. The molecule has 0 aliphatic carbocycles. The minimum atomic E-state index is -0.681. The predicted octanol–water partition coefficient (Wildman–Crippen LogP) is 0.934. The van der Waals surface area contributed by atoms with Crippen LogP contribution < -0.4 is 0 Å². The summed E-state index contributed by atoms with van der Waals surface area (Å²) in [6, 6.07) is 0. The average Bonchev–Trinajstić information content (AvgIpc) is 2.19. The fourth-order valence-corrected chi connectivity index (χ4v) is 2.38. The maximum absolute atomic E-state index is 5.81. The lowest BCUT2D eigenvalue weighted by molar-refractivity contribution is -0.284. The lowest BCUT2D eigenvalue weighted by Crippen LogP contribution is -2.54. The van der Waals surface area contributed by atoms with Crippen LogP contribution in [0.1, 0.15) is 27.7 Å². The van der Waals surface area contributed by atoms with Crippen molar-refractivity contribution in [2.75, 3.05) is 26.3 Å². The van der Waals surface area contributed by atoms with E-state index >= 15 is 0 Å². The Morgan fingerprint density at radius 1 is 1.13 bits per heavy atom. The molecule has 0 aliphatic rings. The third-order valence-corrected chi connectivity index (χ3v) is 3.03. The van der Waals surface area contributed by atoms with Crippen LogP contribution in [0.25, 0.3) is 0 Å². The monoisotopic (exact) mass is 231 g/mol. The molecule has 0 atom stereocenters. The van der Waals surface area contributed by atoms with Gasteiger partial charge in [0.15, 0.2) is 0 Å². The molecule has 0 bridgehead atoms. The molecular weight excluding hydrogens is 206 g/mol. The third-order valence-electron chi connectivity index (χ3n) is 2.40. The van der Waals surface area contributed by atoms with Gasteiger partial charge in [-0.1, -0.05) is 20.4 Å². The van der Waals surface area contributed by atoms with Crippen molar-refractivity contribution in [1.29, 1.82) is 0 Å². The van der Waals surface area contributed by atoms with E-state index in [1.54, 1.807) is 0 Å². The maximum atomic E-state index is 5.81. The molecule has 0 spiro atoms. The molecule has 15 heavy (non-hydrogen) atoms. The SMILES string of the molecule is C=C([SiH3])C(OCC)(OCC)N(CC)CC. The molecule has 0 saturated heterocycles. The summed E-state index contributed by atoms with van der Waals surface area (Å²) < 4.78 is 11.6. The summed E-state index contributed by atoms with van der Waals surface area (Å²) in [5.74, 6) is -0.681. The van der Waals surface area contributed by atoms with E-state index in [2.05, 4.69) is 25.3 Å². The van der Waals surface area contributed by atoms with Crippen molar-refractivity contribution < 1.29 is 9.47 Å². The number of hydrogen-bond donors (Lipinski definition) is 0. The predicted molar refractivity (Wildman–Crippen MR) is 68.0 cm³/mol. The molecule has 3 nitrogen and oxygen atoms in total. The molecular formula is C11H25NO2Si. The van der Waals surface area contributed by atoms with Crippen LogP contribution in [-0.2, 0) is 9.47 Å². The first-order chi connectivity index (χ1) is 7.08. The highest BCUT2D eigenvalue weighted by Crippen LogP contribution is 2.25. The molecule has 90 valence electrons. The van der Waals surface area contributed by atoms with Gasteiger partial charge in [-0.3, -0.25) is 0 Å². The number of likely N-dealkylation sites (N-methyl/N-ethyl adjacent to an activating group) is 1. The van der Waals surface area contributed by atoms with Crippen LogP contribution in [0.4, 0.5) is 0 Å². The molecule has 0 unspecified atom stereocenters. The summed E-state index contributed by atoms with van der Waals surface area (Å²) in [5.41, 5.74) is 0. The van der Waals surface area contributed by atoms with Gasteiger partial charge in [0.05, 0.1) is 0 Å². The number of rotatable bonds is 8. The minimum Gasteiger partial charge on any atom is -0.334 e. The summed E-state index contributed by atoms with van der Waals surface area (Å²) in [6.07, 6.45) is 0. The zero-order chi connectivity index (χ0) is 11.9. The molecule has 0 aromatic rings. The first-order valence-corrected chi connectivity index (χ1v) is 6.77. The molecule has 4 heteroatoms. The van der Waals surface area contributed by atoms with Gasteiger partial charge in [0.1, 0.15) is 0 Å². The normalized spacial score (nSPS) is 12.3. The molecule has 0 aliphatic heterocycles. The molecule has 0 aromatic carbocycles. The summed E-state index contributed by atoms with van der Waals surface area (Å²) in [4.78, 5) is 2.18. The van der Waals surface area contributed by atoms with Gasteiger partial charge in [-0.2, -0.15) is 0 Å². The molecule has 0 aromatic heterocycles. The fraction of sp³-hybridized carbons (Fsp3) is 0.818. The van der Waals surface area contributed by atoms with Gasteiger partial charge in [-0.15, -0.1) is 0 Å². The summed E-state index contributed by atoms with van der Waals surface area (Å²) in [7, 11) is 0.875. The van der Waals surface area contributed by atoms with Crippen LogP contribution in [0, 0.1) is 0 Å².